The summed E-state index contributed by atoms with van der Waals surface area (Å²) < 4.78 is 29.3. The highest BCUT2D eigenvalue weighted by atomic mass is 32.2. The molecule has 1 fully saturated rings. The van der Waals surface area contributed by atoms with Crippen LogP contribution in [0.1, 0.15) is 12.8 Å². The molecule has 9 heteroatoms. The summed E-state index contributed by atoms with van der Waals surface area (Å²) in [7, 11) is -1.68. The van der Waals surface area contributed by atoms with Gasteiger partial charge in [0.1, 0.15) is 5.69 Å². The van der Waals surface area contributed by atoms with Crippen LogP contribution in [0.2, 0.25) is 0 Å². The predicted octanol–water partition coefficient (Wildman–Crippen LogP) is 0.636. The normalized spacial score (nSPS) is 17.0. The van der Waals surface area contributed by atoms with Gasteiger partial charge in [-0.05, 0) is 25.0 Å². The maximum Gasteiger partial charge on any atom is 0.319 e. The summed E-state index contributed by atoms with van der Waals surface area (Å²) >= 11 is 0. The summed E-state index contributed by atoms with van der Waals surface area (Å²) in [4.78, 5) is 16.0. The van der Waals surface area contributed by atoms with E-state index in [2.05, 4.69) is 15.6 Å². The molecule has 1 aromatic heterocycles. The average molecular weight is 328 g/mol. The number of anilines is 1. The van der Waals surface area contributed by atoms with Gasteiger partial charge in [-0.3, -0.25) is 0 Å². The minimum absolute atomic E-state index is 0.0549. The number of carbonyl (C=O) groups excluding carboxylic acids is 1. The second kappa shape index (κ2) is 6.93. The van der Waals surface area contributed by atoms with E-state index in [-0.39, 0.29) is 12.1 Å². The van der Waals surface area contributed by atoms with Gasteiger partial charge in [-0.2, -0.15) is 0 Å². The zero-order chi connectivity index (χ0) is 16.2. The number of urea groups is 1. The number of hydrogen-bond donors (Lipinski definition) is 2. The van der Waals surface area contributed by atoms with E-state index < -0.39 is 10.0 Å². The summed E-state index contributed by atoms with van der Waals surface area (Å²) in [5, 5.41) is 5.52. The van der Waals surface area contributed by atoms with Gasteiger partial charge < -0.3 is 15.4 Å². The molecular weight excluding hydrogens is 308 g/mol. The van der Waals surface area contributed by atoms with Gasteiger partial charge >= 0.3 is 6.03 Å². The lowest BCUT2D eigenvalue weighted by Gasteiger charge is -2.30. The summed E-state index contributed by atoms with van der Waals surface area (Å²) in [6.45, 7) is 0.833. The van der Waals surface area contributed by atoms with Crippen molar-refractivity contribution in [2.75, 3.05) is 31.8 Å². The van der Waals surface area contributed by atoms with E-state index in [1.54, 1.807) is 18.3 Å². The van der Waals surface area contributed by atoms with Crippen molar-refractivity contribution in [1.82, 2.24) is 14.6 Å². The quantitative estimate of drug-likeness (QED) is 0.844. The van der Waals surface area contributed by atoms with Gasteiger partial charge in [-0.25, -0.2) is 22.5 Å². The van der Waals surface area contributed by atoms with Crippen LogP contribution in [0.4, 0.5) is 10.5 Å². The largest absolute Gasteiger partial charge is 0.480 e. The highest BCUT2D eigenvalue weighted by molar-refractivity contribution is 7.88. The van der Waals surface area contributed by atoms with E-state index in [0.717, 1.165) is 0 Å². The van der Waals surface area contributed by atoms with Crippen molar-refractivity contribution < 1.29 is 17.9 Å². The maximum absolute atomic E-state index is 12.0. The first-order chi connectivity index (χ1) is 10.4. The molecule has 1 aromatic rings. The minimum atomic E-state index is -3.16. The van der Waals surface area contributed by atoms with E-state index in [4.69, 9.17) is 4.74 Å². The monoisotopic (exact) mass is 328 g/mol. The first-order valence-electron chi connectivity index (χ1n) is 6.92. The van der Waals surface area contributed by atoms with Crippen molar-refractivity contribution in [1.29, 1.82) is 0 Å². The molecule has 2 heterocycles. The molecule has 0 radical (unpaired) electrons. The van der Waals surface area contributed by atoms with Crippen molar-refractivity contribution in [3.63, 3.8) is 0 Å². The molecule has 1 saturated heterocycles. The first kappa shape index (κ1) is 16.5. The van der Waals surface area contributed by atoms with Crippen LogP contribution in [-0.4, -0.2) is 56.2 Å². The topological polar surface area (TPSA) is 101 Å². The van der Waals surface area contributed by atoms with Crippen LogP contribution < -0.4 is 15.4 Å². The molecule has 0 saturated carbocycles. The van der Waals surface area contributed by atoms with Crippen LogP contribution >= 0.6 is 0 Å². The predicted molar refractivity (Wildman–Crippen MR) is 82.4 cm³/mol. The molecular formula is C13H20N4O4S. The Balaban J connectivity index is 1.86. The number of sulfonamides is 1. The van der Waals surface area contributed by atoms with E-state index >= 15 is 0 Å². The van der Waals surface area contributed by atoms with Crippen LogP contribution in [0.15, 0.2) is 18.3 Å². The Hall–Kier alpha value is -1.87. The molecule has 122 valence electrons. The van der Waals surface area contributed by atoms with Gasteiger partial charge in [0.15, 0.2) is 0 Å². The highest BCUT2D eigenvalue weighted by Gasteiger charge is 2.25. The molecule has 1 aliphatic heterocycles. The lowest BCUT2D eigenvalue weighted by Crippen LogP contribution is -2.47. The fraction of sp³-hybridized carbons (Fsp3) is 0.538. The average Bonchev–Trinajstić information content (AvgIpc) is 2.47. The molecule has 0 unspecified atom stereocenters. The van der Waals surface area contributed by atoms with Crippen LogP contribution in [0, 0.1) is 0 Å². The number of rotatable bonds is 4. The summed E-state index contributed by atoms with van der Waals surface area (Å²) in [5.74, 6) is 0.338. The SMILES string of the molecule is COc1ncccc1NC(=O)NC1CCN(S(C)(=O)=O)CC1. The third kappa shape index (κ3) is 4.31. The number of nitrogens with one attached hydrogen (secondary N) is 2. The van der Waals surface area contributed by atoms with E-state index in [9.17, 15) is 13.2 Å². The third-order valence-electron chi connectivity index (χ3n) is 3.47. The van der Waals surface area contributed by atoms with Crippen molar-refractivity contribution >= 4 is 21.7 Å². The molecule has 0 aromatic carbocycles. The molecule has 0 aliphatic carbocycles. The molecule has 1 aliphatic rings. The Morgan fingerprint density at radius 1 is 1.41 bits per heavy atom. The van der Waals surface area contributed by atoms with Gasteiger partial charge in [-0.1, -0.05) is 0 Å². The fourth-order valence-corrected chi connectivity index (χ4v) is 3.20. The second-order valence-corrected chi connectivity index (χ2v) is 7.08. The standard InChI is InChI=1S/C13H20N4O4S/c1-21-12-11(4-3-7-14-12)16-13(18)15-10-5-8-17(9-6-10)22(2,19)20/h3-4,7,10H,5-6,8-9H2,1-2H3,(H2,15,16,18). The first-order valence-corrected chi connectivity index (χ1v) is 8.76. The highest BCUT2D eigenvalue weighted by Crippen LogP contribution is 2.20. The van der Waals surface area contributed by atoms with Crippen LogP contribution in [-0.2, 0) is 10.0 Å². The smallest absolute Gasteiger partial charge is 0.319 e. The van der Waals surface area contributed by atoms with Gasteiger partial charge in [0.05, 0.1) is 13.4 Å². The second-order valence-electron chi connectivity index (χ2n) is 5.10. The number of carbonyl (C=O) groups is 1. The van der Waals surface area contributed by atoms with Crippen LogP contribution in [0.25, 0.3) is 0 Å². The van der Waals surface area contributed by atoms with Crippen LogP contribution in [0.3, 0.4) is 0 Å². The molecule has 22 heavy (non-hydrogen) atoms. The van der Waals surface area contributed by atoms with Gasteiger partial charge in [0.25, 0.3) is 0 Å². The Kier molecular flexibility index (Phi) is 5.19. The molecule has 0 atom stereocenters. The Morgan fingerprint density at radius 3 is 2.68 bits per heavy atom. The number of pyridine rings is 1. The Bertz CT molecular complexity index is 627. The number of aromatic nitrogens is 1. The fourth-order valence-electron chi connectivity index (χ4n) is 2.32. The number of ether oxygens (including phenoxy) is 1. The summed E-state index contributed by atoms with van der Waals surface area (Å²) in [6, 6.07) is 2.98. The van der Waals surface area contributed by atoms with Gasteiger partial charge in [0.2, 0.25) is 15.9 Å². The van der Waals surface area contributed by atoms with Crippen molar-refractivity contribution in [3.05, 3.63) is 18.3 Å². The number of hydrogen-bond acceptors (Lipinski definition) is 5. The third-order valence-corrected chi connectivity index (χ3v) is 4.77. The van der Waals surface area contributed by atoms with Crippen molar-refractivity contribution in [3.8, 4) is 5.88 Å². The lowest BCUT2D eigenvalue weighted by atomic mass is 10.1. The zero-order valence-corrected chi connectivity index (χ0v) is 13.4. The molecule has 2 amide bonds. The molecule has 8 nitrogen and oxygen atoms in total. The van der Waals surface area contributed by atoms with Crippen molar-refractivity contribution in [2.24, 2.45) is 0 Å². The molecule has 0 spiro atoms. The summed E-state index contributed by atoms with van der Waals surface area (Å²) in [5.41, 5.74) is 0.482. The Labute approximate surface area is 129 Å². The number of amides is 2. The van der Waals surface area contributed by atoms with Gasteiger partial charge in [0, 0.05) is 25.3 Å². The zero-order valence-electron chi connectivity index (χ0n) is 12.6. The summed E-state index contributed by atoms with van der Waals surface area (Å²) in [6.07, 6.45) is 3.94. The minimum Gasteiger partial charge on any atom is -0.480 e. The number of methoxy groups -OCH3 is 1. The Morgan fingerprint density at radius 2 is 2.09 bits per heavy atom. The van der Waals surface area contributed by atoms with E-state index in [0.29, 0.717) is 37.5 Å². The maximum atomic E-state index is 12.0. The van der Waals surface area contributed by atoms with Gasteiger partial charge in [-0.15, -0.1) is 0 Å². The number of nitrogens with zero attached hydrogens (tertiary/aromatic N) is 2. The molecule has 2 N–H and O–H groups in total. The number of piperidine rings is 1. The molecule has 0 bridgehead atoms. The van der Waals surface area contributed by atoms with E-state index in [1.165, 1.54) is 17.7 Å². The van der Waals surface area contributed by atoms with Crippen LogP contribution in [0.5, 0.6) is 5.88 Å². The molecule has 2 rings (SSSR count). The van der Waals surface area contributed by atoms with Crippen molar-refractivity contribution in [2.45, 2.75) is 18.9 Å². The van der Waals surface area contributed by atoms with E-state index in [1.807, 2.05) is 0 Å². The lowest BCUT2D eigenvalue weighted by molar-refractivity contribution is 0.238.